The largest absolute Gasteiger partial charge is 0.449 e. The molecular formula is C13H12Cl2N2O4. The van der Waals surface area contributed by atoms with Gasteiger partial charge in [-0.15, -0.1) is 0 Å². The molecule has 1 aliphatic heterocycles. The van der Waals surface area contributed by atoms with Crippen LogP contribution in [0, 0.1) is 0 Å². The summed E-state index contributed by atoms with van der Waals surface area (Å²) in [6.07, 6.45) is -1.08. The molecule has 6 nitrogen and oxygen atoms in total. The minimum absolute atomic E-state index is 0.137. The second-order valence-corrected chi connectivity index (χ2v) is 5.30. The van der Waals surface area contributed by atoms with Gasteiger partial charge in [-0.05, 0) is 25.1 Å². The molecule has 0 radical (unpaired) electrons. The summed E-state index contributed by atoms with van der Waals surface area (Å²) < 4.78 is 5.04. The van der Waals surface area contributed by atoms with Crippen molar-refractivity contribution in [3.05, 3.63) is 33.8 Å². The lowest BCUT2D eigenvalue weighted by Crippen LogP contribution is -2.41. The maximum Gasteiger partial charge on any atom is 0.339 e. The topological polar surface area (TPSA) is 75.7 Å². The van der Waals surface area contributed by atoms with Gasteiger partial charge in [0.05, 0.1) is 5.56 Å². The number of urea groups is 1. The fourth-order valence-electron chi connectivity index (χ4n) is 1.85. The Morgan fingerprint density at radius 2 is 1.90 bits per heavy atom. The van der Waals surface area contributed by atoms with Crippen LogP contribution in [0.3, 0.4) is 0 Å². The van der Waals surface area contributed by atoms with Crippen LogP contribution in [0.2, 0.25) is 10.0 Å². The standard InChI is InChI=1S/C13H12Cl2N2O4/c1-7(11(18)17-3-2-16-13(17)20)21-12(19)8-4-9(14)6-10(15)5-8/h4-7H,2-3H2,1H3,(H,16,20). The second-order valence-electron chi connectivity index (χ2n) is 4.43. The van der Waals surface area contributed by atoms with Gasteiger partial charge in [-0.3, -0.25) is 9.69 Å². The van der Waals surface area contributed by atoms with Crippen molar-refractivity contribution in [1.82, 2.24) is 10.2 Å². The minimum Gasteiger partial charge on any atom is -0.449 e. The highest BCUT2D eigenvalue weighted by molar-refractivity contribution is 6.35. The van der Waals surface area contributed by atoms with Crippen molar-refractivity contribution >= 4 is 41.1 Å². The number of hydrogen-bond donors (Lipinski definition) is 1. The number of esters is 1. The summed E-state index contributed by atoms with van der Waals surface area (Å²) in [6, 6.07) is 3.75. The van der Waals surface area contributed by atoms with Crippen LogP contribution >= 0.6 is 23.2 Å². The number of hydrogen-bond acceptors (Lipinski definition) is 4. The third kappa shape index (κ3) is 3.65. The van der Waals surface area contributed by atoms with Gasteiger partial charge in [0.1, 0.15) is 0 Å². The summed E-state index contributed by atoms with van der Waals surface area (Å²) >= 11 is 11.6. The molecule has 21 heavy (non-hydrogen) atoms. The molecule has 1 atom stereocenters. The van der Waals surface area contributed by atoms with E-state index in [1.807, 2.05) is 0 Å². The number of amides is 3. The Morgan fingerprint density at radius 1 is 1.29 bits per heavy atom. The normalized spacial score (nSPS) is 15.6. The van der Waals surface area contributed by atoms with Gasteiger partial charge in [0, 0.05) is 23.1 Å². The number of benzene rings is 1. The Hall–Kier alpha value is -1.79. The van der Waals surface area contributed by atoms with Gasteiger partial charge < -0.3 is 10.1 Å². The summed E-state index contributed by atoms with van der Waals surface area (Å²) in [4.78, 5) is 36.3. The van der Waals surface area contributed by atoms with Crippen molar-refractivity contribution in [2.75, 3.05) is 13.1 Å². The summed E-state index contributed by atoms with van der Waals surface area (Å²) in [5.41, 5.74) is 0.137. The Labute approximate surface area is 130 Å². The zero-order valence-electron chi connectivity index (χ0n) is 11.1. The molecule has 3 amide bonds. The molecule has 1 aliphatic rings. The fourth-order valence-corrected chi connectivity index (χ4v) is 2.38. The van der Waals surface area contributed by atoms with Crippen molar-refractivity contribution in [3.8, 4) is 0 Å². The Morgan fingerprint density at radius 3 is 2.43 bits per heavy atom. The molecule has 1 aromatic carbocycles. The predicted octanol–water partition coefficient (Wildman–Crippen LogP) is 2.09. The smallest absolute Gasteiger partial charge is 0.339 e. The van der Waals surface area contributed by atoms with Crippen molar-refractivity contribution in [1.29, 1.82) is 0 Å². The monoisotopic (exact) mass is 330 g/mol. The Kier molecular flexibility index (Phi) is 4.69. The van der Waals surface area contributed by atoms with Gasteiger partial charge in [0.25, 0.3) is 5.91 Å². The number of carbonyl (C=O) groups is 3. The minimum atomic E-state index is -1.08. The average molecular weight is 331 g/mol. The van der Waals surface area contributed by atoms with E-state index in [9.17, 15) is 14.4 Å². The van der Waals surface area contributed by atoms with Gasteiger partial charge >= 0.3 is 12.0 Å². The quantitative estimate of drug-likeness (QED) is 0.861. The highest BCUT2D eigenvalue weighted by Gasteiger charge is 2.31. The SMILES string of the molecule is CC(OC(=O)c1cc(Cl)cc(Cl)c1)C(=O)N1CCNC1=O. The molecule has 8 heteroatoms. The van der Waals surface area contributed by atoms with E-state index in [4.69, 9.17) is 27.9 Å². The van der Waals surface area contributed by atoms with Crippen LogP contribution in [0.4, 0.5) is 4.79 Å². The third-order valence-electron chi connectivity index (χ3n) is 2.85. The maximum atomic E-state index is 12.0. The molecule has 1 fully saturated rings. The summed E-state index contributed by atoms with van der Waals surface area (Å²) in [5.74, 6) is -1.31. The molecule has 1 aromatic rings. The first kappa shape index (κ1) is 15.6. The molecule has 0 aliphatic carbocycles. The van der Waals surface area contributed by atoms with Crippen LogP contribution in [-0.2, 0) is 9.53 Å². The van der Waals surface area contributed by atoms with Crippen LogP contribution in [-0.4, -0.2) is 42.0 Å². The molecule has 0 aromatic heterocycles. The molecule has 1 heterocycles. The number of nitrogens with one attached hydrogen (secondary N) is 1. The van der Waals surface area contributed by atoms with Crippen LogP contribution in [0.1, 0.15) is 17.3 Å². The van der Waals surface area contributed by atoms with Gasteiger partial charge in [0.15, 0.2) is 6.10 Å². The number of nitrogens with zero attached hydrogens (tertiary/aromatic N) is 1. The lowest BCUT2D eigenvalue weighted by molar-refractivity contribution is -0.136. The summed E-state index contributed by atoms with van der Waals surface area (Å²) in [5, 5.41) is 3.07. The Bertz CT molecular complexity index is 586. The fraction of sp³-hybridized carbons (Fsp3) is 0.308. The van der Waals surface area contributed by atoms with Crippen LogP contribution in [0.5, 0.6) is 0 Å². The maximum absolute atomic E-state index is 12.0. The molecule has 112 valence electrons. The van der Waals surface area contributed by atoms with E-state index < -0.39 is 24.0 Å². The van der Waals surface area contributed by atoms with E-state index in [0.717, 1.165) is 4.90 Å². The number of halogens is 2. The number of imide groups is 1. The molecular weight excluding hydrogens is 319 g/mol. The first-order valence-electron chi connectivity index (χ1n) is 6.15. The van der Waals surface area contributed by atoms with Crippen LogP contribution < -0.4 is 5.32 Å². The van der Waals surface area contributed by atoms with Crippen LogP contribution in [0.25, 0.3) is 0 Å². The number of ether oxygens (including phenoxy) is 1. The van der Waals surface area contributed by atoms with Gasteiger partial charge in [-0.1, -0.05) is 23.2 Å². The van der Waals surface area contributed by atoms with Crippen LogP contribution in [0.15, 0.2) is 18.2 Å². The van der Waals surface area contributed by atoms with E-state index in [0.29, 0.717) is 6.54 Å². The second kappa shape index (κ2) is 6.32. The van der Waals surface area contributed by atoms with Crippen molar-refractivity contribution < 1.29 is 19.1 Å². The molecule has 1 N–H and O–H groups in total. The van der Waals surface area contributed by atoms with E-state index in [1.54, 1.807) is 0 Å². The first-order chi connectivity index (χ1) is 9.88. The van der Waals surface area contributed by atoms with Crippen molar-refractivity contribution in [2.45, 2.75) is 13.0 Å². The van der Waals surface area contributed by atoms with E-state index in [-0.39, 0.29) is 22.2 Å². The van der Waals surface area contributed by atoms with Gasteiger partial charge in [0.2, 0.25) is 0 Å². The molecule has 1 unspecified atom stereocenters. The summed E-state index contributed by atoms with van der Waals surface area (Å²) in [7, 11) is 0. The van der Waals surface area contributed by atoms with Gasteiger partial charge in [-0.25, -0.2) is 9.59 Å². The van der Waals surface area contributed by atoms with Crippen molar-refractivity contribution in [3.63, 3.8) is 0 Å². The number of carbonyl (C=O) groups excluding carboxylic acids is 3. The highest BCUT2D eigenvalue weighted by atomic mass is 35.5. The number of rotatable bonds is 3. The Balaban J connectivity index is 2.04. The molecule has 1 saturated heterocycles. The summed E-state index contributed by atoms with van der Waals surface area (Å²) in [6.45, 7) is 2.04. The average Bonchev–Trinajstić information content (AvgIpc) is 2.82. The van der Waals surface area contributed by atoms with E-state index in [1.165, 1.54) is 25.1 Å². The zero-order chi connectivity index (χ0) is 15.6. The predicted molar refractivity (Wildman–Crippen MR) is 76.5 cm³/mol. The lowest BCUT2D eigenvalue weighted by Gasteiger charge is -2.18. The first-order valence-corrected chi connectivity index (χ1v) is 6.90. The molecule has 2 rings (SSSR count). The van der Waals surface area contributed by atoms with E-state index >= 15 is 0 Å². The molecule has 0 spiro atoms. The molecule has 0 saturated carbocycles. The zero-order valence-corrected chi connectivity index (χ0v) is 12.6. The molecule has 0 bridgehead atoms. The van der Waals surface area contributed by atoms with Crippen molar-refractivity contribution in [2.24, 2.45) is 0 Å². The highest BCUT2D eigenvalue weighted by Crippen LogP contribution is 2.20. The third-order valence-corrected chi connectivity index (χ3v) is 3.29. The van der Waals surface area contributed by atoms with Gasteiger partial charge in [-0.2, -0.15) is 0 Å². The van der Waals surface area contributed by atoms with E-state index in [2.05, 4.69) is 5.32 Å². The lowest BCUT2D eigenvalue weighted by atomic mass is 10.2.